The average Bonchev–Trinajstić information content (AvgIpc) is 2.91. The summed E-state index contributed by atoms with van der Waals surface area (Å²) in [7, 11) is 0. The van der Waals surface area contributed by atoms with Gasteiger partial charge in [0.25, 0.3) is 0 Å². The summed E-state index contributed by atoms with van der Waals surface area (Å²) in [6.07, 6.45) is 3.96. The Labute approximate surface area is 124 Å². The van der Waals surface area contributed by atoms with Gasteiger partial charge in [0.15, 0.2) is 0 Å². The maximum absolute atomic E-state index is 3.58. The highest BCUT2D eigenvalue weighted by Gasteiger charge is 2.37. The first kappa shape index (κ1) is 13.6. The third kappa shape index (κ3) is 2.74. The van der Waals surface area contributed by atoms with E-state index >= 15 is 0 Å². The molecule has 3 atom stereocenters. The van der Waals surface area contributed by atoms with E-state index in [4.69, 9.17) is 0 Å². The summed E-state index contributed by atoms with van der Waals surface area (Å²) in [5.41, 5.74) is 1.47. The number of benzene rings is 1. The van der Waals surface area contributed by atoms with Crippen LogP contribution in [-0.2, 0) is 0 Å². The predicted molar refractivity (Wildman–Crippen MR) is 83.3 cm³/mol. The third-order valence-corrected chi connectivity index (χ3v) is 5.29. The van der Waals surface area contributed by atoms with Crippen molar-refractivity contribution in [1.29, 1.82) is 0 Å². The Bertz CT molecular complexity index is 417. The molecule has 2 aliphatic heterocycles. The van der Waals surface area contributed by atoms with Crippen LogP contribution in [0.2, 0.25) is 0 Å². The normalized spacial score (nSPS) is 29.2. The van der Waals surface area contributed by atoms with Crippen LogP contribution in [0.1, 0.15) is 37.8 Å². The number of halogens is 1. The standard InChI is InChI=1S/C16H23BrN2/c1-2-15(12-5-7-14(17)8-6-12)19-9-3-4-13-10-18-11-16(13)19/h5-8,13,15-16,18H,2-4,9-11H2,1H3. The van der Waals surface area contributed by atoms with Crippen LogP contribution in [0.4, 0.5) is 0 Å². The molecule has 1 aromatic carbocycles. The summed E-state index contributed by atoms with van der Waals surface area (Å²) in [6.45, 7) is 5.98. The van der Waals surface area contributed by atoms with Gasteiger partial charge in [0.2, 0.25) is 0 Å². The molecule has 0 radical (unpaired) electrons. The van der Waals surface area contributed by atoms with Crippen molar-refractivity contribution in [2.45, 2.75) is 38.3 Å². The van der Waals surface area contributed by atoms with E-state index in [1.165, 1.54) is 48.9 Å². The van der Waals surface area contributed by atoms with E-state index in [9.17, 15) is 0 Å². The van der Waals surface area contributed by atoms with Gasteiger partial charge < -0.3 is 5.32 Å². The molecule has 19 heavy (non-hydrogen) atoms. The van der Waals surface area contributed by atoms with Crippen molar-refractivity contribution in [3.63, 3.8) is 0 Å². The van der Waals surface area contributed by atoms with Crippen molar-refractivity contribution >= 4 is 15.9 Å². The fourth-order valence-electron chi connectivity index (χ4n) is 3.84. The van der Waals surface area contributed by atoms with E-state index in [2.05, 4.69) is 57.3 Å². The molecule has 104 valence electrons. The van der Waals surface area contributed by atoms with Crippen LogP contribution in [0.5, 0.6) is 0 Å². The lowest BCUT2D eigenvalue weighted by molar-refractivity contribution is 0.0744. The Hall–Kier alpha value is -0.380. The molecule has 2 aliphatic rings. The van der Waals surface area contributed by atoms with Gasteiger partial charge in [-0.3, -0.25) is 4.90 Å². The van der Waals surface area contributed by atoms with Crippen LogP contribution in [0.15, 0.2) is 28.7 Å². The molecule has 2 heterocycles. The van der Waals surface area contributed by atoms with E-state index in [0.29, 0.717) is 6.04 Å². The van der Waals surface area contributed by atoms with E-state index in [1.54, 1.807) is 0 Å². The molecule has 3 heteroatoms. The van der Waals surface area contributed by atoms with Crippen molar-refractivity contribution in [2.24, 2.45) is 5.92 Å². The predicted octanol–water partition coefficient (Wildman–Crippen LogP) is 3.58. The largest absolute Gasteiger partial charge is 0.315 e. The SMILES string of the molecule is CCC(c1ccc(Br)cc1)N1CCCC2CNCC21. The van der Waals surface area contributed by atoms with Gasteiger partial charge in [-0.25, -0.2) is 0 Å². The molecule has 0 saturated carbocycles. The number of likely N-dealkylation sites (tertiary alicyclic amines) is 1. The minimum absolute atomic E-state index is 0.584. The molecule has 1 N–H and O–H groups in total. The number of fused-ring (bicyclic) bond motifs is 1. The Morgan fingerprint density at radius 1 is 1.32 bits per heavy atom. The van der Waals surface area contributed by atoms with Gasteiger partial charge in [-0.2, -0.15) is 0 Å². The molecule has 2 saturated heterocycles. The van der Waals surface area contributed by atoms with Crippen LogP contribution in [0.3, 0.4) is 0 Å². The number of hydrogen-bond acceptors (Lipinski definition) is 2. The van der Waals surface area contributed by atoms with E-state index < -0.39 is 0 Å². The minimum Gasteiger partial charge on any atom is -0.315 e. The quantitative estimate of drug-likeness (QED) is 0.915. The Morgan fingerprint density at radius 2 is 2.11 bits per heavy atom. The first-order valence-corrected chi connectivity index (χ1v) is 8.31. The molecule has 0 amide bonds. The zero-order chi connectivity index (χ0) is 13.2. The lowest BCUT2D eigenvalue weighted by Crippen LogP contribution is -2.46. The second-order valence-electron chi connectivity index (χ2n) is 5.84. The number of nitrogens with zero attached hydrogens (tertiary/aromatic N) is 1. The number of hydrogen-bond donors (Lipinski definition) is 1. The Morgan fingerprint density at radius 3 is 2.84 bits per heavy atom. The van der Waals surface area contributed by atoms with Gasteiger partial charge in [0, 0.05) is 23.1 Å². The highest BCUT2D eigenvalue weighted by Crippen LogP contribution is 2.35. The van der Waals surface area contributed by atoms with Gasteiger partial charge in [0.1, 0.15) is 0 Å². The van der Waals surface area contributed by atoms with Crippen molar-refractivity contribution < 1.29 is 0 Å². The van der Waals surface area contributed by atoms with Gasteiger partial charge in [-0.15, -0.1) is 0 Å². The fraction of sp³-hybridized carbons (Fsp3) is 0.625. The first-order valence-electron chi connectivity index (χ1n) is 7.51. The van der Waals surface area contributed by atoms with E-state index in [1.807, 2.05) is 0 Å². The highest BCUT2D eigenvalue weighted by molar-refractivity contribution is 9.10. The summed E-state index contributed by atoms with van der Waals surface area (Å²) in [6, 6.07) is 10.2. The van der Waals surface area contributed by atoms with Crippen LogP contribution in [-0.4, -0.2) is 30.6 Å². The summed E-state index contributed by atoms with van der Waals surface area (Å²) in [5.74, 6) is 0.873. The molecule has 0 aliphatic carbocycles. The van der Waals surface area contributed by atoms with Gasteiger partial charge in [-0.1, -0.05) is 35.0 Å². The molecule has 0 spiro atoms. The summed E-state index contributed by atoms with van der Waals surface area (Å²) in [5, 5.41) is 3.58. The van der Waals surface area contributed by atoms with Crippen LogP contribution in [0.25, 0.3) is 0 Å². The molecule has 3 unspecified atom stereocenters. The molecule has 3 rings (SSSR count). The van der Waals surface area contributed by atoms with Crippen LogP contribution < -0.4 is 5.32 Å². The van der Waals surface area contributed by atoms with Crippen LogP contribution >= 0.6 is 15.9 Å². The summed E-state index contributed by atoms with van der Waals surface area (Å²) >= 11 is 3.53. The molecule has 2 fully saturated rings. The topological polar surface area (TPSA) is 15.3 Å². The van der Waals surface area contributed by atoms with Crippen molar-refractivity contribution in [1.82, 2.24) is 10.2 Å². The Kier molecular flexibility index (Phi) is 4.25. The van der Waals surface area contributed by atoms with Gasteiger partial charge in [-0.05, 0) is 56.0 Å². The van der Waals surface area contributed by atoms with Crippen LogP contribution in [0, 0.1) is 5.92 Å². The maximum Gasteiger partial charge on any atom is 0.0349 e. The minimum atomic E-state index is 0.584. The van der Waals surface area contributed by atoms with E-state index in [-0.39, 0.29) is 0 Å². The molecule has 0 aromatic heterocycles. The van der Waals surface area contributed by atoms with Crippen molar-refractivity contribution in [2.75, 3.05) is 19.6 Å². The highest BCUT2D eigenvalue weighted by atomic mass is 79.9. The maximum atomic E-state index is 3.58. The lowest BCUT2D eigenvalue weighted by Gasteiger charge is -2.42. The monoisotopic (exact) mass is 322 g/mol. The van der Waals surface area contributed by atoms with Gasteiger partial charge >= 0.3 is 0 Å². The molecular weight excluding hydrogens is 300 g/mol. The van der Waals surface area contributed by atoms with Gasteiger partial charge in [0.05, 0.1) is 0 Å². The third-order valence-electron chi connectivity index (χ3n) is 4.76. The second-order valence-corrected chi connectivity index (χ2v) is 6.76. The van der Waals surface area contributed by atoms with E-state index in [0.717, 1.165) is 12.0 Å². The number of piperidine rings is 1. The lowest BCUT2D eigenvalue weighted by atomic mass is 9.89. The summed E-state index contributed by atoms with van der Waals surface area (Å²) in [4.78, 5) is 2.76. The zero-order valence-corrected chi connectivity index (χ0v) is 13.2. The molecule has 0 bridgehead atoms. The molecule has 1 aromatic rings. The fourth-order valence-corrected chi connectivity index (χ4v) is 4.10. The Balaban J connectivity index is 1.82. The molecular formula is C16H23BrN2. The second kappa shape index (κ2) is 5.94. The molecule has 2 nitrogen and oxygen atoms in total. The first-order chi connectivity index (χ1) is 9.29. The number of rotatable bonds is 3. The number of nitrogens with one attached hydrogen (secondary N) is 1. The summed E-state index contributed by atoms with van der Waals surface area (Å²) < 4.78 is 1.17. The average molecular weight is 323 g/mol. The van der Waals surface area contributed by atoms with Crippen molar-refractivity contribution in [3.8, 4) is 0 Å². The van der Waals surface area contributed by atoms with Crippen molar-refractivity contribution in [3.05, 3.63) is 34.3 Å². The smallest absolute Gasteiger partial charge is 0.0349 e. The zero-order valence-electron chi connectivity index (χ0n) is 11.6.